The number of benzene rings is 1. The minimum absolute atomic E-state index is 0.0103. The third kappa shape index (κ3) is 6.20. The molecular weight excluding hydrogens is 420 g/mol. The van der Waals surface area contributed by atoms with Gasteiger partial charge in [0, 0.05) is 19.1 Å². The molecule has 1 N–H and O–H groups in total. The molecule has 3 rings (SSSR count). The molecule has 1 aromatic rings. The predicted molar refractivity (Wildman–Crippen MR) is 116 cm³/mol. The van der Waals surface area contributed by atoms with E-state index in [1.165, 1.54) is 36.0 Å². The van der Waals surface area contributed by atoms with Crippen LogP contribution in [0.4, 0.5) is 0 Å². The van der Waals surface area contributed by atoms with Gasteiger partial charge in [-0.2, -0.15) is 4.31 Å². The molecule has 0 atom stereocenters. The summed E-state index contributed by atoms with van der Waals surface area (Å²) in [7, 11) is -2.33. The number of carbonyl (C=O) groups is 2. The molecule has 8 nitrogen and oxygen atoms in total. The number of esters is 1. The number of amides is 1. The summed E-state index contributed by atoms with van der Waals surface area (Å²) in [6.45, 7) is 0.520. The van der Waals surface area contributed by atoms with E-state index in [1.807, 2.05) is 0 Å². The van der Waals surface area contributed by atoms with Crippen molar-refractivity contribution >= 4 is 21.9 Å². The lowest BCUT2D eigenvalue weighted by Crippen LogP contribution is -2.38. The van der Waals surface area contributed by atoms with Crippen molar-refractivity contribution in [2.75, 3.05) is 26.8 Å². The van der Waals surface area contributed by atoms with Crippen molar-refractivity contribution in [1.29, 1.82) is 0 Å². The molecule has 2 fully saturated rings. The Hall–Kier alpha value is -2.13. The van der Waals surface area contributed by atoms with Crippen LogP contribution < -0.4 is 10.1 Å². The number of ether oxygens (including phenoxy) is 2. The molecule has 0 unspecified atom stereocenters. The summed E-state index contributed by atoms with van der Waals surface area (Å²) in [5.41, 5.74) is -0.0103. The van der Waals surface area contributed by atoms with Gasteiger partial charge in [0.15, 0.2) is 6.61 Å². The minimum atomic E-state index is -3.73. The summed E-state index contributed by atoms with van der Waals surface area (Å²) >= 11 is 0. The molecule has 1 saturated heterocycles. The van der Waals surface area contributed by atoms with Crippen LogP contribution in [0.3, 0.4) is 0 Å². The molecule has 9 heteroatoms. The molecule has 1 saturated carbocycles. The second-order valence-corrected chi connectivity index (χ2v) is 10.1. The standard InChI is InChI=1S/C22H32N2O6S/c1-29-20-12-11-18(31(27,28)24-13-7-2-3-8-14-24)15-19(20)22(26)30-16-21(25)23-17-9-5-4-6-10-17/h11-12,15,17H,2-10,13-14,16H2,1H3,(H,23,25). The first-order valence-corrected chi connectivity index (χ1v) is 12.5. The van der Waals surface area contributed by atoms with E-state index in [9.17, 15) is 18.0 Å². The average Bonchev–Trinajstić information content (AvgIpc) is 3.08. The van der Waals surface area contributed by atoms with Gasteiger partial charge in [0.1, 0.15) is 11.3 Å². The van der Waals surface area contributed by atoms with E-state index < -0.39 is 22.6 Å². The lowest BCUT2D eigenvalue weighted by Gasteiger charge is -2.22. The Morgan fingerprint density at radius 2 is 1.68 bits per heavy atom. The van der Waals surface area contributed by atoms with Gasteiger partial charge >= 0.3 is 5.97 Å². The zero-order valence-electron chi connectivity index (χ0n) is 18.1. The number of sulfonamides is 1. The van der Waals surface area contributed by atoms with Crippen LogP contribution in [0.1, 0.15) is 68.1 Å². The summed E-state index contributed by atoms with van der Waals surface area (Å²) in [4.78, 5) is 24.8. The topological polar surface area (TPSA) is 102 Å². The van der Waals surface area contributed by atoms with E-state index in [2.05, 4.69) is 5.32 Å². The summed E-state index contributed by atoms with van der Waals surface area (Å²) in [5, 5.41) is 2.89. The maximum Gasteiger partial charge on any atom is 0.342 e. The van der Waals surface area contributed by atoms with Crippen molar-refractivity contribution in [3.05, 3.63) is 23.8 Å². The van der Waals surface area contributed by atoms with Crippen LogP contribution in [0.5, 0.6) is 5.75 Å². The lowest BCUT2D eigenvalue weighted by molar-refractivity contribution is -0.125. The highest BCUT2D eigenvalue weighted by atomic mass is 32.2. The van der Waals surface area contributed by atoms with Crippen molar-refractivity contribution in [3.8, 4) is 5.75 Å². The van der Waals surface area contributed by atoms with Gasteiger partial charge in [-0.05, 0) is 43.9 Å². The summed E-state index contributed by atoms with van der Waals surface area (Å²) in [6, 6.07) is 4.28. The SMILES string of the molecule is COc1ccc(S(=O)(=O)N2CCCCCC2)cc1C(=O)OCC(=O)NC1CCCCC1. The number of nitrogens with one attached hydrogen (secondary N) is 1. The largest absolute Gasteiger partial charge is 0.496 e. The molecule has 0 aromatic heterocycles. The molecule has 1 heterocycles. The van der Waals surface area contributed by atoms with E-state index in [4.69, 9.17) is 9.47 Å². The van der Waals surface area contributed by atoms with Crippen LogP contribution in [0.15, 0.2) is 23.1 Å². The summed E-state index contributed by atoms with van der Waals surface area (Å²) in [6.07, 6.45) is 8.87. The van der Waals surface area contributed by atoms with Gasteiger partial charge in [0.25, 0.3) is 5.91 Å². The maximum absolute atomic E-state index is 13.1. The van der Waals surface area contributed by atoms with Gasteiger partial charge in [-0.15, -0.1) is 0 Å². The van der Waals surface area contributed by atoms with Gasteiger partial charge in [-0.3, -0.25) is 4.79 Å². The first kappa shape index (κ1) is 23.5. The van der Waals surface area contributed by atoms with Crippen LogP contribution in [-0.4, -0.2) is 57.4 Å². The fourth-order valence-electron chi connectivity index (χ4n) is 4.16. The van der Waals surface area contributed by atoms with Gasteiger partial charge in [0.2, 0.25) is 10.0 Å². The molecule has 0 radical (unpaired) electrons. The van der Waals surface area contributed by atoms with Gasteiger partial charge in [-0.1, -0.05) is 32.1 Å². The molecule has 1 aliphatic heterocycles. The summed E-state index contributed by atoms with van der Waals surface area (Å²) in [5.74, 6) is -0.941. The van der Waals surface area contributed by atoms with Crippen LogP contribution in [0, 0.1) is 0 Å². The molecule has 1 aliphatic carbocycles. The Morgan fingerprint density at radius 1 is 1.03 bits per heavy atom. The highest BCUT2D eigenvalue weighted by Gasteiger charge is 2.27. The highest BCUT2D eigenvalue weighted by molar-refractivity contribution is 7.89. The van der Waals surface area contributed by atoms with Crippen LogP contribution in [0.2, 0.25) is 0 Å². The molecule has 31 heavy (non-hydrogen) atoms. The maximum atomic E-state index is 13.1. The zero-order chi connectivity index (χ0) is 22.3. The molecular formula is C22H32N2O6S. The summed E-state index contributed by atoms with van der Waals surface area (Å²) < 4.78 is 38.0. The zero-order valence-corrected chi connectivity index (χ0v) is 18.9. The second-order valence-electron chi connectivity index (χ2n) is 8.16. The van der Waals surface area contributed by atoms with E-state index in [0.717, 1.165) is 51.4 Å². The third-order valence-corrected chi connectivity index (χ3v) is 7.79. The van der Waals surface area contributed by atoms with Crippen molar-refractivity contribution in [1.82, 2.24) is 9.62 Å². The molecule has 1 aromatic carbocycles. The average molecular weight is 453 g/mol. The number of nitrogens with zero attached hydrogens (tertiary/aromatic N) is 1. The fraction of sp³-hybridized carbons (Fsp3) is 0.636. The predicted octanol–water partition coefficient (Wildman–Crippen LogP) is 2.87. The Kier molecular flexibility index (Phi) is 8.31. The Bertz CT molecular complexity index is 872. The van der Waals surface area contributed by atoms with Gasteiger partial charge in [0.05, 0.1) is 12.0 Å². The lowest BCUT2D eigenvalue weighted by atomic mass is 9.95. The normalized spacial score (nSPS) is 18.7. The first-order chi connectivity index (χ1) is 14.9. The Labute approximate surface area is 184 Å². The van der Waals surface area contributed by atoms with Crippen LogP contribution in [0.25, 0.3) is 0 Å². The van der Waals surface area contributed by atoms with Crippen molar-refractivity contribution in [3.63, 3.8) is 0 Å². The number of methoxy groups -OCH3 is 1. The van der Waals surface area contributed by atoms with Crippen LogP contribution >= 0.6 is 0 Å². The highest BCUT2D eigenvalue weighted by Crippen LogP contribution is 2.27. The van der Waals surface area contributed by atoms with E-state index in [1.54, 1.807) is 0 Å². The van der Waals surface area contributed by atoms with Crippen molar-refractivity contribution < 1.29 is 27.5 Å². The molecule has 2 aliphatic rings. The number of rotatable bonds is 7. The molecule has 1 amide bonds. The smallest absolute Gasteiger partial charge is 0.342 e. The third-order valence-electron chi connectivity index (χ3n) is 5.90. The van der Waals surface area contributed by atoms with E-state index >= 15 is 0 Å². The fourth-order valence-corrected chi connectivity index (χ4v) is 5.71. The Balaban J connectivity index is 1.69. The van der Waals surface area contributed by atoms with Crippen molar-refractivity contribution in [2.45, 2.75) is 68.7 Å². The van der Waals surface area contributed by atoms with E-state index in [-0.39, 0.29) is 28.2 Å². The second kappa shape index (κ2) is 10.9. The number of hydrogen-bond acceptors (Lipinski definition) is 6. The first-order valence-electron chi connectivity index (χ1n) is 11.1. The molecule has 172 valence electrons. The number of carbonyl (C=O) groups excluding carboxylic acids is 2. The quantitative estimate of drug-likeness (QED) is 0.639. The van der Waals surface area contributed by atoms with Gasteiger partial charge in [-0.25, -0.2) is 13.2 Å². The number of hydrogen-bond donors (Lipinski definition) is 1. The van der Waals surface area contributed by atoms with Gasteiger partial charge < -0.3 is 14.8 Å². The van der Waals surface area contributed by atoms with E-state index in [0.29, 0.717) is 13.1 Å². The minimum Gasteiger partial charge on any atom is -0.496 e. The molecule has 0 spiro atoms. The van der Waals surface area contributed by atoms with Crippen LogP contribution in [-0.2, 0) is 19.6 Å². The monoisotopic (exact) mass is 452 g/mol. The Morgan fingerprint density at radius 3 is 2.32 bits per heavy atom. The molecule has 0 bridgehead atoms. The van der Waals surface area contributed by atoms with Crippen molar-refractivity contribution in [2.24, 2.45) is 0 Å².